The highest BCUT2D eigenvalue weighted by molar-refractivity contribution is 5.33. The number of hydrogen-bond acceptors (Lipinski definition) is 3. The van der Waals surface area contributed by atoms with Gasteiger partial charge in [0.05, 0.1) is 4.92 Å². The standard InChI is InChI=1S/C16H20N2O2/c19-18(20)13-5-1-10(2-6-13)7-8-17-16-14-11-3-4-12(9-11)15(14)16/h1-2,5-6,11-12,14-17H,3-4,7-9H2. The molecule has 0 spiro atoms. The van der Waals surface area contributed by atoms with Gasteiger partial charge in [0.2, 0.25) is 0 Å². The van der Waals surface area contributed by atoms with Gasteiger partial charge < -0.3 is 5.32 Å². The Balaban J connectivity index is 1.27. The predicted molar refractivity (Wildman–Crippen MR) is 76.4 cm³/mol. The third kappa shape index (κ3) is 1.94. The fraction of sp³-hybridized carbons (Fsp3) is 0.625. The Labute approximate surface area is 118 Å². The van der Waals surface area contributed by atoms with Crippen molar-refractivity contribution in [2.45, 2.75) is 31.7 Å². The fourth-order valence-corrected chi connectivity index (χ4v) is 4.77. The molecule has 20 heavy (non-hydrogen) atoms. The number of rotatable bonds is 5. The smallest absolute Gasteiger partial charge is 0.269 e. The topological polar surface area (TPSA) is 55.2 Å². The van der Waals surface area contributed by atoms with Crippen molar-refractivity contribution in [1.82, 2.24) is 5.32 Å². The Morgan fingerprint density at radius 2 is 1.80 bits per heavy atom. The van der Waals surface area contributed by atoms with Gasteiger partial charge in [0.15, 0.2) is 0 Å². The van der Waals surface area contributed by atoms with Gasteiger partial charge in [-0.2, -0.15) is 0 Å². The van der Waals surface area contributed by atoms with E-state index in [2.05, 4.69) is 5.32 Å². The molecule has 4 nitrogen and oxygen atoms in total. The third-order valence-corrected chi connectivity index (χ3v) is 5.68. The molecule has 0 amide bonds. The summed E-state index contributed by atoms with van der Waals surface area (Å²) in [5, 5.41) is 14.3. The summed E-state index contributed by atoms with van der Waals surface area (Å²) >= 11 is 0. The number of nitro benzene ring substituents is 1. The van der Waals surface area contributed by atoms with Gasteiger partial charge in [0.25, 0.3) is 5.69 Å². The lowest BCUT2D eigenvalue weighted by Gasteiger charge is -2.10. The van der Waals surface area contributed by atoms with Gasteiger partial charge in [-0.05, 0) is 61.5 Å². The molecule has 106 valence electrons. The van der Waals surface area contributed by atoms with Crippen molar-refractivity contribution in [2.24, 2.45) is 23.7 Å². The highest BCUT2D eigenvalue weighted by atomic mass is 16.6. The molecule has 0 saturated heterocycles. The van der Waals surface area contributed by atoms with Crippen molar-refractivity contribution in [3.63, 3.8) is 0 Å². The molecule has 0 aliphatic heterocycles. The van der Waals surface area contributed by atoms with E-state index in [0.29, 0.717) is 0 Å². The molecule has 1 aromatic carbocycles. The molecular weight excluding hydrogens is 252 g/mol. The highest BCUT2D eigenvalue weighted by Crippen LogP contribution is 2.65. The maximum Gasteiger partial charge on any atom is 0.269 e. The number of benzene rings is 1. The maximum atomic E-state index is 10.6. The van der Waals surface area contributed by atoms with E-state index in [1.54, 1.807) is 12.1 Å². The SMILES string of the molecule is O=[N+]([O-])c1ccc(CCNC2C3C4CCC(C4)C23)cc1. The van der Waals surface area contributed by atoms with Crippen LogP contribution in [0.25, 0.3) is 0 Å². The van der Waals surface area contributed by atoms with Gasteiger partial charge in [-0.3, -0.25) is 10.1 Å². The first-order chi connectivity index (χ1) is 9.74. The van der Waals surface area contributed by atoms with Crippen molar-refractivity contribution < 1.29 is 4.92 Å². The largest absolute Gasteiger partial charge is 0.313 e. The molecule has 4 heteroatoms. The first kappa shape index (κ1) is 12.3. The minimum absolute atomic E-state index is 0.176. The normalized spacial score (nSPS) is 36.9. The molecule has 3 aliphatic rings. The van der Waals surface area contributed by atoms with E-state index in [1.807, 2.05) is 12.1 Å². The first-order valence-corrected chi connectivity index (χ1v) is 7.71. The van der Waals surface area contributed by atoms with Gasteiger partial charge in [0.1, 0.15) is 0 Å². The molecule has 3 fully saturated rings. The number of nitrogens with zero attached hydrogens (tertiary/aromatic N) is 1. The summed E-state index contributed by atoms with van der Waals surface area (Å²) in [5.74, 6) is 3.99. The summed E-state index contributed by atoms with van der Waals surface area (Å²) < 4.78 is 0. The van der Waals surface area contributed by atoms with Crippen molar-refractivity contribution in [1.29, 1.82) is 0 Å². The number of nitrogens with one attached hydrogen (secondary N) is 1. The van der Waals surface area contributed by atoms with E-state index < -0.39 is 0 Å². The van der Waals surface area contributed by atoms with E-state index in [9.17, 15) is 10.1 Å². The quantitative estimate of drug-likeness (QED) is 0.662. The molecular formula is C16H20N2O2. The van der Waals surface area contributed by atoms with Crippen LogP contribution in [0, 0.1) is 33.8 Å². The second-order valence-electron chi connectivity index (χ2n) is 6.64. The monoisotopic (exact) mass is 272 g/mol. The van der Waals surface area contributed by atoms with E-state index in [0.717, 1.165) is 42.7 Å². The van der Waals surface area contributed by atoms with E-state index in [1.165, 1.54) is 24.8 Å². The van der Waals surface area contributed by atoms with Crippen LogP contribution in [0.3, 0.4) is 0 Å². The van der Waals surface area contributed by atoms with Crippen LogP contribution in [0.15, 0.2) is 24.3 Å². The second-order valence-corrected chi connectivity index (χ2v) is 6.64. The van der Waals surface area contributed by atoms with Crippen molar-refractivity contribution in [2.75, 3.05) is 6.54 Å². The molecule has 2 bridgehead atoms. The van der Waals surface area contributed by atoms with E-state index in [-0.39, 0.29) is 10.6 Å². The van der Waals surface area contributed by atoms with Crippen LogP contribution in [0.1, 0.15) is 24.8 Å². The van der Waals surface area contributed by atoms with Gasteiger partial charge >= 0.3 is 0 Å². The van der Waals surface area contributed by atoms with Gasteiger partial charge in [-0.15, -0.1) is 0 Å². The number of non-ortho nitro benzene ring substituents is 1. The van der Waals surface area contributed by atoms with Crippen molar-refractivity contribution in [3.05, 3.63) is 39.9 Å². The van der Waals surface area contributed by atoms with Gasteiger partial charge in [0, 0.05) is 18.2 Å². The Morgan fingerprint density at radius 1 is 1.15 bits per heavy atom. The second kappa shape index (κ2) is 4.55. The Kier molecular flexibility index (Phi) is 2.81. The van der Waals surface area contributed by atoms with Gasteiger partial charge in [-0.1, -0.05) is 12.1 Å². The molecule has 0 heterocycles. The predicted octanol–water partition coefficient (Wildman–Crippen LogP) is 2.77. The maximum absolute atomic E-state index is 10.6. The summed E-state index contributed by atoms with van der Waals surface area (Å²) in [4.78, 5) is 10.3. The van der Waals surface area contributed by atoms with Crippen LogP contribution in [0.2, 0.25) is 0 Å². The zero-order valence-electron chi connectivity index (χ0n) is 11.5. The van der Waals surface area contributed by atoms with Crippen LogP contribution >= 0.6 is 0 Å². The third-order valence-electron chi connectivity index (χ3n) is 5.68. The molecule has 0 aromatic heterocycles. The van der Waals surface area contributed by atoms with Crippen LogP contribution in [-0.2, 0) is 6.42 Å². The molecule has 1 aromatic rings. The minimum atomic E-state index is -0.344. The van der Waals surface area contributed by atoms with Crippen LogP contribution in [0.4, 0.5) is 5.69 Å². The van der Waals surface area contributed by atoms with E-state index >= 15 is 0 Å². The Hall–Kier alpha value is -1.42. The fourth-order valence-electron chi connectivity index (χ4n) is 4.77. The lowest BCUT2D eigenvalue weighted by atomic mass is 10.0. The molecule has 3 aliphatic carbocycles. The number of nitro groups is 1. The molecule has 1 N–H and O–H groups in total. The van der Waals surface area contributed by atoms with Crippen molar-refractivity contribution in [3.8, 4) is 0 Å². The summed E-state index contributed by atoms with van der Waals surface area (Å²) in [6, 6.07) is 7.72. The highest BCUT2D eigenvalue weighted by Gasteiger charge is 2.64. The molecule has 0 radical (unpaired) electrons. The van der Waals surface area contributed by atoms with Crippen LogP contribution in [-0.4, -0.2) is 17.5 Å². The molecule has 4 rings (SSSR count). The summed E-state index contributed by atoms with van der Waals surface area (Å²) in [6.07, 6.45) is 5.39. The molecule has 4 unspecified atom stereocenters. The number of hydrogen-bond donors (Lipinski definition) is 1. The average molecular weight is 272 g/mol. The zero-order chi connectivity index (χ0) is 13.7. The molecule has 4 atom stereocenters. The van der Waals surface area contributed by atoms with Crippen LogP contribution in [0.5, 0.6) is 0 Å². The Morgan fingerprint density at radius 3 is 2.40 bits per heavy atom. The number of fused-ring (bicyclic) bond motifs is 5. The lowest BCUT2D eigenvalue weighted by molar-refractivity contribution is -0.384. The van der Waals surface area contributed by atoms with E-state index in [4.69, 9.17) is 0 Å². The minimum Gasteiger partial charge on any atom is -0.313 e. The summed E-state index contributed by atoms with van der Waals surface area (Å²) in [7, 11) is 0. The van der Waals surface area contributed by atoms with Crippen LogP contribution < -0.4 is 5.32 Å². The average Bonchev–Trinajstić information content (AvgIpc) is 2.84. The zero-order valence-corrected chi connectivity index (χ0v) is 11.5. The van der Waals surface area contributed by atoms with Crippen molar-refractivity contribution >= 4 is 5.69 Å². The summed E-state index contributed by atoms with van der Waals surface area (Å²) in [6.45, 7) is 0.995. The summed E-state index contributed by atoms with van der Waals surface area (Å²) in [5.41, 5.74) is 1.35. The lowest BCUT2D eigenvalue weighted by Crippen LogP contribution is -2.25. The molecule has 3 saturated carbocycles. The first-order valence-electron chi connectivity index (χ1n) is 7.71. The Bertz CT molecular complexity index is 512. The van der Waals surface area contributed by atoms with Gasteiger partial charge in [-0.25, -0.2) is 0 Å².